The van der Waals surface area contributed by atoms with E-state index in [1.54, 1.807) is 29.1 Å². The second-order valence-electron chi connectivity index (χ2n) is 3.61. The van der Waals surface area contributed by atoms with Crippen LogP contribution in [0.15, 0.2) is 35.1 Å². The van der Waals surface area contributed by atoms with Crippen LogP contribution in [0.1, 0.15) is 0 Å². The first-order valence-electron chi connectivity index (χ1n) is 5.14. The number of methoxy groups -OCH3 is 1. The number of carbonyl (C=O) groups excluding carboxylic acids is 1. The van der Waals surface area contributed by atoms with Crippen LogP contribution in [0.25, 0.3) is 11.4 Å². The highest BCUT2D eigenvalue weighted by Crippen LogP contribution is 2.26. The molecule has 2 rings (SSSR count). The van der Waals surface area contributed by atoms with Gasteiger partial charge in [0.05, 0.1) is 7.11 Å². The molecule has 2 aromatic rings. The molecule has 0 radical (unpaired) electrons. The summed E-state index contributed by atoms with van der Waals surface area (Å²) in [7, 11) is 1.36. The molecular formula is C12H10BrClN2O2. The number of benzene rings is 1. The van der Waals surface area contributed by atoms with Crippen LogP contribution in [0.5, 0.6) is 0 Å². The second kappa shape index (κ2) is 5.54. The van der Waals surface area contributed by atoms with Gasteiger partial charge in [-0.2, -0.15) is 0 Å². The van der Waals surface area contributed by atoms with Gasteiger partial charge >= 0.3 is 5.97 Å². The Bertz CT molecular complexity index is 563. The van der Waals surface area contributed by atoms with Gasteiger partial charge in [0.25, 0.3) is 0 Å². The van der Waals surface area contributed by atoms with Gasteiger partial charge in [-0.3, -0.25) is 4.79 Å². The fraction of sp³-hybridized carbons (Fsp3) is 0.167. The molecule has 0 saturated heterocycles. The Morgan fingerprint density at radius 3 is 2.94 bits per heavy atom. The minimum Gasteiger partial charge on any atom is -0.468 e. The molecule has 0 unspecified atom stereocenters. The van der Waals surface area contributed by atoms with Crippen LogP contribution in [-0.4, -0.2) is 22.6 Å². The molecule has 0 spiro atoms. The number of rotatable bonds is 3. The lowest BCUT2D eigenvalue weighted by molar-refractivity contribution is -0.141. The van der Waals surface area contributed by atoms with E-state index in [1.165, 1.54) is 7.11 Å². The Kier molecular flexibility index (Phi) is 4.04. The van der Waals surface area contributed by atoms with Gasteiger partial charge in [-0.05, 0) is 18.2 Å². The zero-order chi connectivity index (χ0) is 13.1. The summed E-state index contributed by atoms with van der Waals surface area (Å²) in [6.07, 6.45) is 3.36. The molecule has 18 heavy (non-hydrogen) atoms. The lowest BCUT2D eigenvalue weighted by atomic mass is 10.2. The number of halogens is 2. The van der Waals surface area contributed by atoms with Gasteiger partial charge in [0.2, 0.25) is 0 Å². The van der Waals surface area contributed by atoms with Crippen molar-refractivity contribution in [2.24, 2.45) is 0 Å². The smallest absolute Gasteiger partial charge is 0.325 e. The molecule has 0 amide bonds. The largest absolute Gasteiger partial charge is 0.468 e. The van der Waals surface area contributed by atoms with E-state index in [0.29, 0.717) is 10.8 Å². The summed E-state index contributed by atoms with van der Waals surface area (Å²) in [5.41, 5.74) is 0.836. The Balaban J connectivity index is 2.39. The Morgan fingerprint density at radius 1 is 1.50 bits per heavy atom. The van der Waals surface area contributed by atoms with E-state index < -0.39 is 0 Å². The summed E-state index contributed by atoms with van der Waals surface area (Å²) >= 11 is 9.37. The molecule has 1 heterocycles. The number of hydrogen-bond acceptors (Lipinski definition) is 3. The molecule has 1 aromatic heterocycles. The van der Waals surface area contributed by atoms with Crippen LogP contribution in [0.2, 0.25) is 5.02 Å². The highest BCUT2D eigenvalue weighted by atomic mass is 79.9. The zero-order valence-electron chi connectivity index (χ0n) is 9.56. The zero-order valence-corrected chi connectivity index (χ0v) is 11.9. The number of nitrogens with zero attached hydrogens (tertiary/aromatic N) is 2. The van der Waals surface area contributed by atoms with Crippen molar-refractivity contribution in [3.8, 4) is 11.4 Å². The van der Waals surface area contributed by atoms with E-state index in [4.69, 9.17) is 11.6 Å². The van der Waals surface area contributed by atoms with Gasteiger partial charge in [-0.1, -0.05) is 27.5 Å². The average Bonchev–Trinajstić information content (AvgIpc) is 2.75. The van der Waals surface area contributed by atoms with Gasteiger partial charge in [-0.25, -0.2) is 4.98 Å². The summed E-state index contributed by atoms with van der Waals surface area (Å²) in [5, 5.41) is 0.604. The van der Waals surface area contributed by atoms with E-state index in [-0.39, 0.29) is 12.5 Å². The number of aromatic nitrogens is 2. The van der Waals surface area contributed by atoms with Crippen LogP contribution in [0.3, 0.4) is 0 Å². The summed E-state index contributed by atoms with van der Waals surface area (Å²) in [6.45, 7) is 0.121. The van der Waals surface area contributed by atoms with Crippen molar-refractivity contribution in [2.75, 3.05) is 7.11 Å². The van der Waals surface area contributed by atoms with Crippen LogP contribution < -0.4 is 0 Å². The molecule has 0 bridgehead atoms. The van der Waals surface area contributed by atoms with Crippen molar-refractivity contribution in [3.05, 3.63) is 40.1 Å². The number of hydrogen-bond donors (Lipinski definition) is 0. The summed E-state index contributed by atoms with van der Waals surface area (Å²) in [5.74, 6) is 0.346. The molecule has 6 heteroatoms. The van der Waals surface area contributed by atoms with Crippen LogP contribution >= 0.6 is 27.5 Å². The third kappa shape index (κ3) is 2.91. The van der Waals surface area contributed by atoms with Crippen molar-refractivity contribution in [2.45, 2.75) is 6.54 Å². The number of esters is 1. The molecule has 0 aliphatic rings. The monoisotopic (exact) mass is 328 g/mol. The maximum atomic E-state index is 11.3. The molecule has 0 saturated carbocycles. The van der Waals surface area contributed by atoms with Gasteiger partial charge in [0.1, 0.15) is 12.4 Å². The van der Waals surface area contributed by atoms with Gasteiger partial charge in [0, 0.05) is 27.5 Å². The van der Waals surface area contributed by atoms with E-state index in [9.17, 15) is 4.79 Å². The lowest BCUT2D eigenvalue weighted by Gasteiger charge is -2.07. The normalized spacial score (nSPS) is 10.4. The number of imidazole rings is 1. The maximum absolute atomic E-state index is 11.3. The molecule has 0 atom stereocenters. The van der Waals surface area contributed by atoms with Crippen molar-refractivity contribution in [1.82, 2.24) is 9.55 Å². The maximum Gasteiger partial charge on any atom is 0.325 e. The quantitative estimate of drug-likeness (QED) is 0.813. The van der Waals surface area contributed by atoms with Crippen molar-refractivity contribution < 1.29 is 9.53 Å². The first kappa shape index (κ1) is 13.1. The third-order valence-corrected chi connectivity index (χ3v) is 3.04. The molecule has 0 N–H and O–H groups in total. The topological polar surface area (TPSA) is 44.1 Å². The van der Waals surface area contributed by atoms with Crippen LogP contribution in [0, 0.1) is 0 Å². The highest BCUT2D eigenvalue weighted by molar-refractivity contribution is 9.10. The minimum atomic E-state index is -0.324. The van der Waals surface area contributed by atoms with Gasteiger partial charge < -0.3 is 9.30 Å². The fourth-order valence-corrected chi connectivity index (χ4v) is 2.44. The molecule has 4 nitrogen and oxygen atoms in total. The van der Waals surface area contributed by atoms with Crippen LogP contribution in [0.4, 0.5) is 0 Å². The van der Waals surface area contributed by atoms with E-state index in [0.717, 1.165) is 10.0 Å². The molecule has 1 aromatic carbocycles. The average molecular weight is 330 g/mol. The number of carbonyl (C=O) groups is 1. The Morgan fingerprint density at radius 2 is 2.28 bits per heavy atom. The molecule has 0 aliphatic heterocycles. The molecule has 0 fully saturated rings. The second-order valence-corrected chi connectivity index (χ2v) is 4.97. The van der Waals surface area contributed by atoms with Crippen molar-refractivity contribution >= 4 is 33.5 Å². The minimum absolute atomic E-state index is 0.121. The summed E-state index contributed by atoms with van der Waals surface area (Å²) in [6, 6.07) is 5.48. The molecular weight excluding hydrogens is 320 g/mol. The van der Waals surface area contributed by atoms with E-state index >= 15 is 0 Å². The fourth-order valence-electron chi connectivity index (χ4n) is 1.58. The molecule has 94 valence electrons. The molecule has 0 aliphatic carbocycles. The van der Waals surface area contributed by atoms with Gasteiger partial charge in [0.15, 0.2) is 0 Å². The Hall–Kier alpha value is -1.33. The van der Waals surface area contributed by atoms with Crippen molar-refractivity contribution in [1.29, 1.82) is 0 Å². The predicted octanol–water partition coefficient (Wildman–Crippen LogP) is 3.14. The number of ether oxygens (including phenoxy) is 1. The standard InChI is InChI=1S/C12H10BrClN2O2/c1-18-11(17)7-16-3-2-15-12(16)8-4-9(13)6-10(14)5-8/h2-6H,7H2,1H3. The first-order chi connectivity index (χ1) is 8.60. The summed E-state index contributed by atoms with van der Waals surface area (Å²) < 4.78 is 7.21. The third-order valence-electron chi connectivity index (χ3n) is 2.36. The predicted molar refractivity (Wildman–Crippen MR) is 72.4 cm³/mol. The highest BCUT2D eigenvalue weighted by Gasteiger charge is 2.10. The first-order valence-corrected chi connectivity index (χ1v) is 6.31. The lowest BCUT2D eigenvalue weighted by Crippen LogP contribution is -2.11. The Labute approximate surface area is 118 Å². The van der Waals surface area contributed by atoms with E-state index in [1.807, 2.05) is 6.07 Å². The SMILES string of the molecule is COC(=O)Cn1ccnc1-c1cc(Cl)cc(Br)c1. The van der Waals surface area contributed by atoms with Crippen LogP contribution in [-0.2, 0) is 16.1 Å². The van der Waals surface area contributed by atoms with Crippen molar-refractivity contribution in [3.63, 3.8) is 0 Å². The van der Waals surface area contributed by atoms with Gasteiger partial charge in [-0.15, -0.1) is 0 Å². The van der Waals surface area contributed by atoms with E-state index in [2.05, 4.69) is 25.7 Å². The summed E-state index contributed by atoms with van der Waals surface area (Å²) in [4.78, 5) is 15.5.